The first kappa shape index (κ1) is 12.4. The minimum absolute atomic E-state index is 0.197. The first-order chi connectivity index (χ1) is 6.61. The molecule has 1 aliphatic rings. The van der Waals surface area contributed by atoms with Crippen molar-refractivity contribution in [3.8, 4) is 0 Å². The lowest BCUT2D eigenvalue weighted by atomic mass is 10.2. The maximum absolute atomic E-state index is 2.57. The van der Waals surface area contributed by atoms with Crippen LogP contribution in [-0.2, 0) is 0 Å². The summed E-state index contributed by atoms with van der Waals surface area (Å²) in [5.41, 5.74) is 0. The average molecular weight is 217 g/mol. The molecule has 1 fully saturated rings. The van der Waals surface area contributed by atoms with Crippen molar-refractivity contribution in [2.75, 3.05) is 33.7 Å². The summed E-state index contributed by atoms with van der Waals surface area (Å²) in [4.78, 5) is 0. The van der Waals surface area contributed by atoms with E-state index in [1.165, 1.54) is 13.0 Å². The molecule has 1 aliphatic heterocycles. The predicted octanol–water partition coefficient (Wildman–Crippen LogP) is 2.21. The smallest absolute Gasteiger partial charge is 0.119 e. The number of rotatable bonds is 3. The van der Waals surface area contributed by atoms with Crippen LogP contribution in [0.25, 0.3) is 0 Å². The second-order valence-corrected chi connectivity index (χ2v) is 6.42. The highest BCUT2D eigenvalue weighted by Crippen LogP contribution is 2.49. The summed E-state index contributed by atoms with van der Waals surface area (Å²) in [6, 6.07) is 0.734. The van der Waals surface area contributed by atoms with Crippen molar-refractivity contribution in [3.05, 3.63) is 0 Å². The van der Waals surface area contributed by atoms with E-state index in [-0.39, 0.29) is 8.37 Å². The summed E-state index contributed by atoms with van der Waals surface area (Å²) in [5.74, 6) is 0. The van der Waals surface area contributed by atoms with Crippen LogP contribution in [0.15, 0.2) is 0 Å². The molecule has 1 saturated heterocycles. The number of hydrogen-bond donors (Lipinski definition) is 0. The van der Waals surface area contributed by atoms with Crippen LogP contribution >= 0.6 is 8.37 Å². The minimum Gasteiger partial charge on any atom is -0.260 e. The van der Waals surface area contributed by atoms with E-state index < -0.39 is 0 Å². The van der Waals surface area contributed by atoms with Gasteiger partial charge in [-0.25, -0.2) is 0 Å². The van der Waals surface area contributed by atoms with Gasteiger partial charge in [-0.15, -0.1) is 0 Å². The third-order valence-corrected chi connectivity index (χ3v) is 5.92. The molecule has 0 aromatic rings. The van der Waals surface area contributed by atoms with Gasteiger partial charge in [-0.3, -0.25) is 14.0 Å². The molecule has 3 nitrogen and oxygen atoms in total. The van der Waals surface area contributed by atoms with Gasteiger partial charge in [-0.05, 0) is 27.4 Å². The number of hydrogen-bond acceptors (Lipinski definition) is 3. The predicted molar refractivity (Wildman–Crippen MR) is 64.3 cm³/mol. The van der Waals surface area contributed by atoms with Gasteiger partial charge in [0.05, 0.1) is 0 Å². The van der Waals surface area contributed by atoms with Crippen LogP contribution in [-0.4, -0.2) is 53.8 Å². The highest BCUT2D eigenvalue weighted by Gasteiger charge is 2.32. The molecule has 0 aliphatic carbocycles. The van der Waals surface area contributed by atoms with Gasteiger partial charge in [0.25, 0.3) is 0 Å². The molecule has 0 amide bonds. The molecule has 0 bridgehead atoms. The van der Waals surface area contributed by atoms with E-state index in [2.05, 4.69) is 48.9 Å². The van der Waals surface area contributed by atoms with Crippen molar-refractivity contribution in [1.82, 2.24) is 14.0 Å². The van der Waals surface area contributed by atoms with Crippen LogP contribution in [0, 0.1) is 0 Å². The molecule has 0 aromatic carbocycles. The molecule has 1 heterocycles. The van der Waals surface area contributed by atoms with Gasteiger partial charge in [0.1, 0.15) is 8.37 Å². The fourth-order valence-corrected chi connectivity index (χ4v) is 4.54. The molecule has 0 N–H and O–H groups in total. The molecule has 0 saturated carbocycles. The Morgan fingerprint density at radius 2 is 1.86 bits per heavy atom. The monoisotopic (exact) mass is 217 g/mol. The zero-order valence-corrected chi connectivity index (χ0v) is 11.1. The molecule has 2 unspecified atom stereocenters. The van der Waals surface area contributed by atoms with Gasteiger partial charge in [0.2, 0.25) is 0 Å². The highest BCUT2D eigenvalue weighted by molar-refractivity contribution is 7.50. The first-order valence-corrected chi connectivity index (χ1v) is 6.80. The van der Waals surface area contributed by atoms with Crippen molar-refractivity contribution in [1.29, 1.82) is 0 Å². The topological polar surface area (TPSA) is 9.72 Å². The maximum Gasteiger partial charge on any atom is 0.119 e. The third kappa shape index (κ3) is 2.46. The molecule has 2 atom stereocenters. The zero-order valence-electron chi connectivity index (χ0n) is 10.2. The molecule has 0 spiro atoms. The molecule has 84 valence electrons. The van der Waals surface area contributed by atoms with E-state index in [4.69, 9.17) is 0 Å². The van der Waals surface area contributed by atoms with Gasteiger partial charge >= 0.3 is 0 Å². The van der Waals surface area contributed by atoms with Crippen LogP contribution in [0.2, 0.25) is 0 Å². The quantitative estimate of drug-likeness (QED) is 0.671. The second kappa shape index (κ2) is 5.41. The molecular formula is C10H24N3P. The van der Waals surface area contributed by atoms with Crippen molar-refractivity contribution in [2.45, 2.75) is 33.2 Å². The maximum atomic E-state index is 2.57. The third-order valence-electron chi connectivity index (χ3n) is 3.08. The Labute approximate surface area is 90.0 Å². The fraction of sp³-hybridized carbons (Fsp3) is 1.00. The Balaban J connectivity index is 2.70. The Bertz CT molecular complexity index is 171. The Kier molecular flexibility index (Phi) is 4.78. The van der Waals surface area contributed by atoms with E-state index >= 15 is 0 Å². The van der Waals surface area contributed by atoms with Crippen LogP contribution in [0.4, 0.5) is 0 Å². The van der Waals surface area contributed by atoms with Crippen molar-refractivity contribution in [3.63, 3.8) is 0 Å². The lowest BCUT2D eigenvalue weighted by Crippen LogP contribution is -2.43. The first-order valence-electron chi connectivity index (χ1n) is 5.60. The largest absolute Gasteiger partial charge is 0.260 e. The summed E-state index contributed by atoms with van der Waals surface area (Å²) in [6.45, 7) is 10.4. The standard InChI is InChI=1S/C10H24N3P/c1-6-13(7-2)14-11(4)9-8-10(3)12(14)5/h10H,6-9H2,1-5H3. The summed E-state index contributed by atoms with van der Waals surface area (Å²) in [7, 11) is 4.33. The van der Waals surface area contributed by atoms with Gasteiger partial charge < -0.3 is 0 Å². The zero-order chi connectivity index (χ0) is 10.7. The van der Waals surface area contributed by atoms with Crippen LogP contribution < -0.4 is 0 Å². The summed E-state index contributed by atoms with van der Waals surface area (Å²) in [6.07, 6.45) is 1.30. The SMILES string of the molecule is CCN(CC)P1N(C)CCC(C)N1C. The summed E-state index contributed by atoms with van der Waals surface area (Å²) < 4.78 is 7.64. The van der Waals surface area contributed by atoms with Crippen LogP contribution in [0.5, 0.6) is 0 Å². The molecule has 1 rings (SSSR count). The Morgan fingerprint density at radius 1 is 1.29 bits per heavy atom. The molecular weight excluding hydrogens is 193 g/mol. The van der Waals surface area contributed by atoms with Gasteiger partial charge in [-0.2, -0.15) is 0 Å². The molecule has 0 aromatic heterocycles. The minimum atomic E-state index is -0.197. The second-order valence-electron chi connectivity index (χ2n) is 4.00. The van der Waals surface area contributed by atoms with Crippen LogP contribution in [0.1, 0.15) is 27.2 Å². The van der Waals surface area contributed by atoms with Crippen molar-refractivity contribution in [2.24, 2.45) is 0 Å². The molecule has 0 radical (unpaired) electrons. The van der Waals surface area contributed by atoms with E-state index in [0.29, 0.717) is 0 Å². The highest BCUT2D eigenvalue weighted by atomic mass is 31.2. The average Bonchev–Trinajstić information content (AvgIpc) is 2.19. The van der Waals surface area contributed by atoms with E-state index in [1.807, 2.05) is 0 Å². The van der Waals surface area contributed by atoms with Gasteiger partial charge in [0, 0.05) is 25.7 Å². The number of nitrogens with zero attached hydrogens (tertiary/aromatic N) is 3. The molecule has 4 heteroatoms. The lowest BCUT2D eigenvalue weighted by molar-refractivity contribution is 0.271. The van der Waals surface area contributed by atoms with Crippen LogP contribution in [0.3, 0.4) is 0 Å². The van der Waals surface area contributed by atoms with Gasteiger partial charge in [0.15, 0.2) is 0 Å². The Hall–Kier alpha value is 0.310. The lowest BCUT2D eigenvalue weighted by Gasteiger charge is -2.47. The van der Waals surface area contributed by atoms with Gasteiger partial charge in [-0.1, -0.05) is 13.8 Å². The van der Waals surface area contributed by atoms with Crippen molar-refractivity contribution < 1.29 is 0 Å². The van der Waals surface area contributed by atoms with E-state index in [0.717, 1.165) is 19.1 Å². The normalized spacial score (nSPS) is 31.3. The van der Waals surface area contributed by atoms with Crippen molar-refractivity contribution >= 4 is 8.37 Å². The van der Waals surface area contributed by atoms with E-state index in [9.17, 15) is 0 Å². The summed E-state index contributed by atoms with van der Waals surface area (Å²) >= 11 is 0. The summed E-state index contributed by atoms with van der Waals surface area (Å²) in [5, 5.41) is 0. The fourth-order valence-electron chi connectivity index (χ4n) is 1.96. The molecule has 14 heavy (non-hydrogen) atoms. The van der Waals surface area contributed by atoms with E-state index in [1.54, 1.807) is 0 Å². The Morgan fingerprint density at radius 3 is 2.36 bits per heavy atom.